The van der Waals surface area contributed by atoms with E-state index in [9.17, 15) is 4.79 Å². The molecule has 0 aromatic rings. The molecule has 0 aromatic heterocycles. The van der Waals surface area contributed by atoms with Gasteiger partial charge in [0.15, 0.2) is 0 Å². The summed E-state index contributed by atoms with van der Waals surface area (Å²) in [6, 6.07) is 0.412. The molecule has 6 N–H and O–H groups in total. The van der Waals surface area contributed by atoms with Gasteiger partial charge >= 0.3 is 0 Å². The number of nitrogens with two attached hydrogens (primary N) is 2. The molecule has 0 aliphatic heterocycles. The van der Waals surface area contributed by atoms with Crippen LogP contribution >= 0.6 is 0 Å². The van der Waals surface area contributed by atoms with Crippen LogP contribution in [0, 0.1) is 5.41 Å². The number of hydrogen-bond donors (Lipinski definition) is 4. The first-order valence-corrected chi connectivity index (χ1v) is 6.06. The molecule has 136 valence electrons. The van der Waals surface area contributed by atoms with Gasteiger partial charge in [-0.3, -0.25) is 16.1 Å². The SMILES string of the molecule is C.C.C.CC(C)NN.CC(C)ON.CNC(=O)C(C)(C)C. The maximum atomic E-state index is 10.7. The second-order valence-corrected chi connectivity index (χ2v) is 5.34. The van der Waals surface area contributed by atoms with E-state index in [-0.39, 0.29) is 39.7 Å². The Balaban J connectivity index is -0.0000000389. The van der Waals surface area contributed by atoms with E-state index in [1.807, 2.05) is 48.5 Å². The van der Waals surface area contributed by atoms with E-state index in [1.54, 1.807) is 7.05 Å². The van der Waals surface area contributed by atoms with Crippen LogP contribution in [0.5, 0.6) is 0 Å². The molecule has 0 fully saturated rings. The third-order valence-corrected chi connectivity index (χ3v) is 1.51. The molecule has 0 aliphatic rings. The molecular formula is C15H44N4O2. The van der Waals surface area contributed by atoms with E-state index in [4.69, 9.17) is 5.84 Å². The van der Waals surface area contributed by atoms with Crippen LogP contribution in [0.1, 0.15) is 70.7 Å². The highest BCUT2D eigenvalue weighted by atomic mass is 16.6. The summed E-state index contributed by atoms with van der Waals surface area (Å²) in [6.07, 6.45) is 0.162. The van der Waals surface area contributed by atoms with Gasteiger partial charge in [-0.2, -0.15) is 0 Å². The number of hydrogen-bond acceptors (Lipinski definition) is 5. The predicted molar refractivity (Wildman–Crippen MR) is 96.6 cm³/mol. The fourth-order valence-electron chi connectivity index (χ4n) is 0.375. The van der Waals surface area contributed by atoms with Gasteiger partial charge in [0.1, 0.15) is 0 Å². The molecule has 0 unspecified atom stereocenters. The van der Waals surface area contributed by atoms with Crippen molar-refractivity contribution in [3.63, 3.8) is 0 Å². The minimum atomic E-state index is -0.241. The zero-order valence-corrected chi connectivity index (χ0v) is 13.1. The highest BCUT2D eigenvalue weighted by Gasteiger charge is 2.18. The third kappa shape index (κ3) is 45.2. The number of amides is 1. The van der Waals surface area contributed by atoms with E-state index < -0.39 is 0 Å². The normalized spacial score (nSPS) is 8.76. The highest BCUT2D eigenvalue weighted by molar-refractivity contribution is 5.80. The smallest absolute Gasteiger partial charge is 0.225 e. The first-order valence-electron chi connectivity index (χ1n) is 6.06. The summed E-state index contributed by atoms with van der Waals surface area (Å²) in [5.74, 6) is 9.67. The number of carbonyl (C=O) groups excluding carboxylic acids is 1. The zero-order chi connectivity index (χ0) is 15.4. The van der Waals surface area contributed by atoms with E-state index in [0.29, 0.717) is 6.04 Å². The predicted octanol–water partition coefficient (Wildman–Crippen LogP) is 2.83. The second-order valence-electron chi connectivity index (χ2n) is 5.34. The van der Waals surface area contributed by atoms with Crippen LogP contribution in [0.25, 0.3) is 0 Å². The maximum Gasteiger partial charge on any atom is 0.225 e. The summed E-state index contributed by atoms with van der Waals surface area (Å²) < 4.78 is 0. The average Bonchev–Trinajstić information content (AvgIpc) is 2.28. The molecule has 0 bridgehead atoms. The number of rotatable bonds is 2. The van der Waals surface area contributed by atoms with E-state index >= 15 is 0 Å². The number of nitrogens with one attached hydrogen (secondary N) is 2. The Labute approximate surface area is 134 Å². The Hall–Kier alpha value is -0.690. The summed E-state index contributed by atoms with van der Waals surface area (Å²) in [6.45, 7) is 13.4. The molecular weight excluding hydrogens is 268 g/mol. The van der Waals surface area contributed by atoms with Crippen molar-refractivity contribution in [2.24, 2.45) is 17.2 Å². The fraction of sp³-hybridized carbons (Fsp3) is 0.933. The largest absolute Gasteiger partial charge is 0.359 e. The van der Waals surface area contributed by atoms with Gasteiger partial charge in [0.05, 0.1) is 6.10 Å². The van der Waals surface area contributed by atoms with Crippen LogP contribution in [0.2, 0.25) is 0 Å². The van der Waals surface area contributed by atoms with Crippen molar-refractivity contribution >= 4 is 5.91 Å². The molecule has 0 radical (unpaired) electrons. The van der Waals surface area contributed by atoms with E-state index in [2.05, 4.69) is 21.5 Å². The van der Waals surface area contributed by atoms with Crippen LogP contribution in [-0.4, -0.2) is 25.1 Å². The standard InChI is InChI=1S/C6H13NO.C3H10N2.C3H9NO.3CH4/c1-6(2,3)5(8)7-4;2*1-3(2)5-4;;;/h1-4H3,(H,7,8);3,5H,4H2,1-2H3;3H,4H2,1-2H3;3*1H4. The lowest BCUT2D eigenvalue weighted by atomic mass is 9.96. The molecule has 0 aromatic carbocycles. The van der Waals surface area contributed by atoms with Crippen molar-refractivity contribution in [1.29, 1.82) is 0 Å². The summed E-state index contributed by atoms with van der Waals surface area (Å²) in [4.78, 5) is 15.0. The van der Waals surface area contributed by atoms with Gasteiger partial charge in [-0.1, -0.05) is 43.1 Å². The summed E-state index contributed by atoms with van der Waals surface area (Å²) in [5, 5.41) is 2.57. The molecule has 6 heteroatoms. The van der Waals surface area contributed by atoms with E-state index in [1.165, 1.54) is 0 Å². The topological polar surface area (TPSA) is 102 Å². The van der Waals surface area contributed by atoms with Crippen LogP contribution in [-0.2, 0) is 9.63 Å². The minimum Gasteiger partial charge on any atom is -0.359 e. The lowest BCUT2D eigenvalue weighted by Gasteiger charge is -2.14. The number of carbonyl (C=O) groups is 1. The van der Waals surface area contributed by atoms with Gasteiger partial charge in [-0.05, 0) is 27.7 Å². The Morgan fingerprint density at radius 2 is 1.29 bits per heavy atom. The maximum absolute atomic E-state index is 10.7. The Morgan fingerprint density at radius 3 is 1.29 bits per heavy atom. The number of hydrazine groups is 1. The zero-order valence-electron chi connectivity index (χ0n) is 13.1. The van der Waals surface area contributed by atoms with Crippen LogP contribution in [0.3, 0.4) is 0 Å². The highest BCUT2D eigenvalue weighted by Crippen LogP contribution is 2.11. The van der Waals surface area contributed by atoms with Crippen molar-refractivity contribution in [3.8, 4) is 0 Å². The minimum absolute atomic E-state index is 0. The molecule has 21 heavy (non-hydrogen) atoms. The van der Waals surface area contributed by atoms with Crippen LogP contribution < -0.4 is 22.5 Å². The van der Waals surface area contributed by atoms with Gasteiger partial charge < -0.3 is 10.2 Å². The molecule has 0 heterocycles. The monoisotopic (exact) mass is 312 g/mol. The van der Waals surface area contributed by atoms with Crippen molar-refractivity contribution in [2.45, 2.75) is 82.9 Å². The first kappa shape index (κ1) is 37.0. The average molecular weight is 313 g/mol. The van der Waals surface area contributed by atoms with Gasteiger partial charge in [0.2, 0.25) is 5.91 Å². The fourth-order valence-corrected chi connectivity index (χ4v) is 0.375. The Morgan fingerprint density at radius 1 is 1.05 bits per heavy atom. The molecule has 0 atom stereocenters. The van der Waals surface area contributed by atoms with Gasteiger partial charge in [0.25, 0.3) is 0 Å². The van der Waals surface area contributed by atoms with Crippen molar-refractivity contribution in [1.82, 2.24) is 10.7 Å². The second kappa shape index (κ2) is 21.6. The summed E-state index contributed by atoms with van der Waals surface area (Å²) >= 11 is 0. The van der Waals surface area contributed by atoms with Crippen LogP contribution in [0.4, 0.5) is 0 Å². The lowest BCUT2D eigenvalue weighted by Crippen LogP contribution is -2.31. The Kier molecular flexibility index (Phi) is 38.0. The molecule has 0 rings (SSSR count). The molecule has 0 saturated carbocycles. The van der Waals surface area contributed by atoms with Gasteiger partial charge in [0, 0.05) is 18.5 Å². The quantitative estimate of drug-likeness (QED) is 0.464. The summed E-state index contributed by atoms with van der Waals surface area (Å²) in [5.41, 5.74) is 2.29. The van der Waals surface area contributed by atoms with Crippen molar-refractivity contribution in [2.75, 3.05) is 7.05 Å². The molecule has 1 amide bonds. The Bertz CT molecular complexity index is 183. The first-order chi connectivity index (χ1) is 8.02. The third-order valence-electron chi connectivity index (χ3n) is 1.51. The van der Waals surface area contributed by atoms with Crippen molar-refractivity contribution < 1.29 is 9.63 Å². The van der Waals surface area contributed by atoms with Gasteiger partial charge in [-0.25, -0.2) is 5.90 Å². The van der Waals surface area contributed by atoms with E-state index in [0.717, 1.165) is 0 Å². The van der Waals surface area contributed by atoms with Gasteiger partial charge in [-0.15, -0.1) is 0 Å². The molecule has 0 spiro atoms. The van der Waals surface area contributed by atoms with Crippen LogP contribution in [0.15, 0.2) is 0 Å². The molecule has 0 aliphatic carbocycles. The molecule has 6 nitrogen and oxygen atoms in total. The molecule has 0 saturated heterocycles. The lowest BCUT2D eigenvalue weighted by molar-refractivity contribution is -0.127. The summed E-state index contributed by atoms with van der Waals surface area (Å²) in [7, 11) is 1.65. The van der Waals surface area contributed by atoms with Crippen molar-refractivity contribution in [3.05, 3.63) is 0 Å².